The summed E-state index contributed by atoms with van der Waals surface area (Å²) in [5.74, 6) is 0.0677. The number of halogens is 1. The number of likely N-dealkylation sites (tertiary alicyclic amines) is 1. The molecule has 3 N–H and O–H groups in total. The van der Waals surface area contributed by atoms with Crippen LogP contribution in [0.3, 0.4) is 0 Å². The maximum atomic E-state index is 12.2. The van der Waals surface area contributed by atoms with E-state index >= 15 is 0 Å². The van der Waals surface area contributed by atoms with Crippen molar-refractivity contribution in [1.29, 1.82) is 0 Å². The molecule has 17 heavy (non-hydrogen) atoms. The molecule has 1 amide bonds. The molecule has 1 saturated heterocycles. The topological polar surface area (TPSA) is 79.5 Å². The van der Waals surface area contributed by atoms with Gasteiger partial charge in [0.15, 0.2) is 0 Å². The lowest BCUT2D eigenvalue weighted by Crippen LogP contribution is -2.37. The van der Waals surface area contributed by atoms with E-state index in [0.717, 1.165) is 12.8 Å². The second-order valence-corrected chi connectivity index (χ2v) is 4.47. The zero-order valence-electron chi connectivity index (χ0n) is 9.27. The summed E-state index contributed by atoms with van der Waals surface area (Å²) in [5.41, 5.74) is 5.97. The highest BCUT2D eigenvalue weighted by Gasteiger charge is 2.29. The number of aliphatic hydroxyl groups is 1. The Balaban J connectivity index is 2.24. The van der Waals surface area contributed by atoms with Gasteiger partial charge in [0.2, 0.25) is 0 Å². The molecule has 1 aromatic heterocycles. The van der Waals surface area contributed by atoms with Crippen LogP contribution in [-0.4, -0.2) is 40.1 Å². The van der Waals surface area contributed by atoms with Gasteiger partial charge < -0.3 is 15.7 Å². The van der Waals surface area contributed by atoms with Gasteiger partial charge in [0.05, 0.1) is 12.6 Å². The van der Waals surface area contributed by atoms with E-state index in [-0.39, 0.29) is 29.5 Å². The lowest BCUT2D eigenvalue weighted by Gasteiger charge is -2.23. The van der Waals surface area contributed by atoms with Crippen LogP contribution in [0.5, 0.6) is 0 Å². The van der Waals surface area contributed by atoms with Crippen molar-refractivity contribution in [1.82, 2.24) is 9.88 Å². The molecule has 2 heterocycles. The molecule has 0 bridgehead atoms. The second kappa shape index (κ2) is 4.89. The van der Waals surface area contributed by atoms with Crippen LogP contribution in [0.2, 0.25) is 5.15 Å². The first-order valence-corrected chi connectivity index (χ1v) is 5.84. The Hall–Kier alpha value is -1.33. The van der Waals surface area contributed by atoms with E-state index in [1.807, 2.05) is 0 Å². The van der Waals surface area contributed by atoms with Gasteiger partial charge in [-0.3, -0.25) is 4.79 Å². The number of nitrogen functional groups attached to an aromatic ring is 1. The maximum Gasteiger partial charge on any atom is 0.254 e. The smallest absolute Gasteiger partial charge is 0.254 e. The van der Waals surface area contributed by atoms with Crippen molar-refractivity contribution in [2.45, 2.75) is 18.9 Å². The zero-order valence-corrected chi connectivity index (χ0v) is 10.0. The van der Waals surface area contributed by atoms with E-state index in [1.165, 1.54) is 12.1 Å². The Morgan fingerprint density at radius 2 is 2.41 bits per heavy atom. The SMILES string of the molecule is Nc1cc(C(=O)N2CCCC2CO)cc(Cl)n1. The fraction of sp³-hybridized carbons (Fsp3) is 0.455. The summed E-state index contributed by atoms with van der Waals surface area (Å²) in [4.78, 5) is 17.7. The standard InChI is InChI=1S/C11H14ClN3O2/c12-9-4-7(5-10(13)14-9)11(17)15-3-1-2-8(15)6-16/h4-5,8,16H,1-3,6H2,(H2,13,14). The van der Waals surface area contributed by atoms with Crippen LogP contribution in [0.4, 0.5) is 5.82 Å². The van der Waals surface area contributed by atoms with Gasteiger partial charge in [0.25, 0.3) is 5.91 Å². The molecule has 1 aromatic rings. The number of rotatable bonds is 2. The number of nitrogens with zero attached hydrogens (tertiary/aromatic N) is 2. The summed E-state index contributed by atoms with van der Waals surface area (Å²) in [7, 11) is 0. The third-order valence-electron chi connectivity index (χ3n) is 2.91. The minimum atomic E-state index is -0.155. The summed E-state index contributed by atoms with van der Waals surface area (Å²) in [6.07, 6.45) is 1.74. The molecule has 0 radical (unpaired) electrons. The molecule has 0 saturated carbocycles. The Morgan fingerprint density at radius 3 is 3.06 bits per heavy atom. The van der Waals surface area contributed by atoms with Crippen LogP contribution in [0.25, 0.3) is 0 Å². The molecule has 1 fully saturated rings. The highest BCUT2D eigenvalue weighted by atomic mass is 35.5. The first-order valence-electron chi connectivity index (χ1n) is 5.46. The van der Waals surface area contributed by atoms with Crippen molar-refractivity contribution in [3.8, 4) is 0 Å². The highest BCUT2D eigenvalue weighted by molar-refractivity contribution is 6.29. The largest absolute Gasteiger partial charge is 0.394 e. The van der Waals surface area contributed by atoms with Gasteiger partial charge >= 0.3 is 0 Å². The number of amides is 1. The van der Waals surface area contributed by atoms with E-state index < -0.39 is 0 Å². The summed E-state index contributed by atoms with van der Waals surface area (Å²) in [6.45, 7) is 0.643. The Morgan fingerprint density at radius 1 is 1.65 bits per heavy atom. The molecule has 2 rings (SSSR count). The van der Waals surface area contributed by atoms with E-state index in [2.05, 4.69) is 4.98 Å². The van der Waals surface area contributed by atoms with Crippen molar-refractivity contribution in [2.75, 3.05) is 18.9 Å². The first kappa shape index (κ1) is 12.1. The second-order valence-electron chi connectivity index (χ2n) is 4.08. The molecular weight excluding hydrogens is 242 g/mol. The lowest BCUT2D eigenvalue weighted by atomic mass is 10.2. The van der Waals surface area contributed by atoms with E-state index in [0.29, 0.717) is 12.1 Å². The van der Waals surface area contributed by atoms with E-state index in [1.54, 1.807) is 4.90 Å². The average Bonchev–Trinajstić information content (AvgIpc) is 2.74. The molecule has 1 atom stereocenters. The quantitative estimate of drug-likeness (QED) is 0.770. The number of hydrogen-bond acceptors (Lipinski definition) is 4. The monoisotopic (exact) mass is 255 g/mol. The van der Waals surface area contributed by atoms with E-state index in [9.17, 15) is 9.90 Å². The van der Waals surface area contributed by atoms with Gasteiger partial charge in [-0.1, -0.05) is 11.6 Å². The fourth-order valence-corrected chi connectivity index (χ4v) is 2.31. The van der Waals surface area contributed by atoms with Crippen molar-refractivity contribution < 1.29 is 9.90 Å². The predicted molar refractivity (Wildman–Crippen MR) is 64.8 cm³/mol. The lowest BCUT2D eigenvalue weighted by molar-refractivity contribution is 0.0677. The van der Waals surface area contributed by atoms with Gasteiger partial charge in [-0.15, -0.1) is 0 Å². The predicted octanol–water partition coefficient (Wildman–Crippen LogP) is 0.914. The zero-order chi connectivity index (χ0) is 12.4. The van der Waals surface area contributed by atoms with Gasteiger partial charge in [-0.05, 0) is 25.0 Å². The molecule has 6 heteroatoms. The summed E-state index contributed by atoms with van der Waals surface area (Å²) in [6, 6.07) is 2.89. The number of hydrogen-bond donors (Lipinski definition) is 2. The number of pyridine rings is 1. The maximum absolute atomic E-state index is 12.2. The molecule has 0 aromatic carbocycles. The number of carbonyl (C=O) groups is 1. The highest BCUT2D eigenvalue weighted by Crippen LogP contribution is 2.21. The number of nitrogens with two attached hydrogens (primary N) is 1. The fourth-order valence-electron chi connectivity index (χ4n) is 2.10. The number of anilines is 1. The number of aliphatic hydroxyl groups excluding tert-OH is 1. The molecule has 0 aliphatic carbocycles. The summed E-state index contributed by atoms with van der Waals surface area (Å²) >= 11 is 5.76. The van der Waals surface area contributed by atoms with Gasteiger partial charge in [0.1, 0.15) is 11.0 Å². The van der Waals surface area contributed by atoms with Gasteiger partial charge in [0, 0.05) is 12.1 Å². The minimum absolute atomic E-state index is 0.0139. The van der Waals surface area contributed by atoms with Crippen molar-refractivity contribution in [3.05, 3.63) is 22.8 Å². The summed E-state index contributed by atoms with van der Waals surface area (Å²) in [5, 5.41) is 9.39. The van der Waals surface area contributed by atoms with Crippen molar-refractivity contribution in [2.24, 2.45) is 0 Å². The molecule has 1 aliphatic rings. The van der Waals surface area contributed by atoms with E-state index in [4.69, 9.17) is 17.3 Å². The third-order valence-corrected chi connectivity index (χ3v) is 3.10. The van der Waals surface area contributed by atoms with Crippen LogP contribution in [0, 0.1) is 0 Å². The molecule has 0 spiro atoms. The molecule has 1 unspecified atom stereocenters. The van der Waals surface area contributed by atoms with Gasteiger partial charge in [-0.2, -0.15) is 0 Å². The molecule has 92 valence electrons. The normalized spacial score (nSPS) is 19.6. The Labute approximate surface area is 104 Å². The number of aromatic nitrogens is 1. The van der Waals surface area contributed by atoms with Crippen LogP contribution < -0.4 is 5.73 Å². The first-order chi connectivity index (χ1) is 8.11. The van der Waals surface area contributed by atoms with Crippen molar-refractivity contribution >= 4 is 23.3 Å². The molecular formula is C11H14ClN3O2. The number of carbonyl (C=O) groups excluding carboxylic acids is 1. The van der Waals surface area contributed by atoms with Gasteiger partial charge in [-0.25, -0.2) is 4.98 Å². The minimum Gasteiger partial charge on any atom is -0.394 e. The Kier molecular flexibility index (Phi) is 3.49. The molecule has 1 aliphatic heterocycles. The van der Waals surface area contributed by atoms with Crippen LogP contribution in [0.1, 0.15) is 23.2 Å². The summed E-state index contributed by atoms with van der Waals surface area (Å²) < 4.78 is 0. The third kappa shape index (κ3) is 2.50. The van der Waals surface area contributed by atoms with Crippen molar-refractivity contribution in [3.63, 3.8) is 0 Å². The average molecular weight is 256 g/mol. The van der Waals surface area contributed by atoms with Crippen LogP contribution >= 0.6 is 11.6 Å². The van der Waals surface area contributed by atoms with Crippen LogP contribution in [-0.2, 0) is 0 Å². The van der Waals surface area contributed by atoms with Crippen LogP contribution in [0.15, 0.2) is 12.1 Å². The Bertz CT molecular complexity index is 418. The molecule has 5 nitrogen and oxygen atoms in total.